The lowest BCUT2D eigenvalue weighted by molar-refractivity contribution is 0.210. The number of nitrogens with one attached hydrogen (secondary N) is 2. The second kappa shape index (κ2) is 8.16. The molecule has 0 unspecified atom stereocenters. The summed E-state index contributed by atoms with van der Waals surface area (Å²) in [5.41, 5.74) is 1.08. The first-order valence-corrected chi connectivity index (χ1v) is 6.81. The van der Waals surface area contributed by atoms with Gasteiger partial charge < -0.3 is 15.4 Å². The SMILES string of the molecule is COCCNc1cc(NCCc2ccc(F)cc2)ncn1. The number of aromatic nitrogens is 2. The molecule has 0 spiro atoms. The molecule has 0 saturated carbocycles. The van der Waals surface area contributed by atoms with E-state index in [-0.39, 0.29) is 5.82 Å². The summed E-state index contributed by atoms with van der Waals surface area (Å²) in [6.07, 6.45) is 2.31. The molecule has 2 rings (SSSR count). The number of benzene rings is 1. The van der Waals surface area contributed by atoms with Crippen LogP contribution in [0.3, 0.4) is 0 Å². The summed E-state index contributed by atoms with van der Waals surface area (Å²) < 4.78 is 17.8. The molecule has 1 heterocycles. The molecule has 0 atom stereocenters. The molecule has 0 aliphatic rings. The lowest BCUT2D eigenvalue weighted by Crippen LogP contribution is -2.10. The van der Waals surface area contributed by atoms with Crippen LogP contribution in [0, 0.1) is 5.82 Å². The molecule has 0 bridgehead atoms. The van der Waals surface area contributed by atoms with Gasteiger partial charge in [-0.3, -0.25) is 0 Å². The molecule has 0 fully saturated rings. The van der Waals surface area contributed by atoms with E-state index in [0.29, 0.717) is 13.2 Å². The van der Waals surface area contributed by atoms with Gasteiger partial charge in [-0.25, -0.2) is 14.4 Å². The molecule has 0 amide bonds. The molecule has 2 aromatic rings. The van der Waals surface area contributed by atoms with Crippen LogP contribution >= 0.6 is 0 Å². The Kier molecular flexibility index (Phi) is 5.90. The van der Waals surface area contributed by atoms with Gasteiger partial charge in [0.1, 0.15) is 23.8 Å². The Bertz CT molecular complexity index is 548. The van der Waals surface area contributed by atoms with Crippen molar-refractivity contribution in [1.29, 1.82) is 0 Å². The molecule has 0 aliphatic heterocycles. The first-order valence-electron chi connectivity index (χ1n) is 6.81. The quantitative estimate of drug-likeness (QED) is 0.731. The Morgan fingerprint density at radius 3 is 2.38 bits per heavy atom. The monoisotopic (exact) mass is 290 g/mol. The Labute approximate surface area is 123 Å². The number of ether oxygens (including phenoxy) is 1. The van der Waals surface area contributed by atoms with Crippen molar-refractivity contribution in [1.82, 2.24) is 9.97 Å². The minimum atomic E-state index is -0.214. The third-order valence-corrected chi connectivity index (χ3v) is 2.91. The van der Waals surface area contributed by atoms with E-state index in [1.54, 1.807) is 19.2 Å². The summed E-state index contributed by atoms with van der Waals surface area (Å²) in [5, 5.41) is 6.36. The van der Waals surface area contributed by atoms with Gasteiger partial charge in [-0.05, 0) is 24.1 Å². The van der Waals surface area contributed by atoms with Gasteiger partial charge in [0.05, 0.1) is 6.61 Å². The highest BCUT2D eigenvalue weighted by Gasteiger charge is 1.99. The van der Waals surface area contributed by atoms with Gasteiger partial charge in [-0.15, -0.1) is 0 Å². The van der Waals surface area contributed by atoms with Crippen molar-refractivity contribution in [2.45, 2.75) is 6.42 Å². The first-order chi connectivity index (χ1) is 10.3. The van der Waals surface area contributed by atoms with Crippen molar-refractivity contribution in [3.63, 3.8) is 0 Å². The Balaban J connectivity index is 1.79. The highest BCUT2D eigenvalue weighted by Crippen LogP contribution is 2.09. The summed E-state index contributed by atoms with van der Waals surface area (Å²) in [6.45, 7) is 2.04. The molecule has 0 aliphatic carbocycles. The van der Waals surface area contributed by atoms with E-state index >= 15 is 0 Å². The molecule has 0 saturated heterocycles. The van der Waals surface area contributed by atoms with E-state index in [1.165, 1.54) is 18.5 Å². The van der Waals surface area contributed by atoms with Gasteiger partial charge in [0.25, 0.3) is 0 Å². The minimum Gasteiger partial charge on any atom is -0.383 e. The van der Waals surface area contributed by atoms with Crippen LogP contribution in [0.25, 0.3) is 0 Å². The average Bonchev–Trinajstić information content (AvgIpc) is 2.50. The van der Waals surface area contributed by atoms with Crippen LogP contribution in [0.1, 0.15) is 5.56 Å². The van der Waals surface area contributed by atoms with Crippen LogP contribution in [0.5, 0.6) is 0 Å². The fourth-order valence-electron chi connectivity index (χ4n) is 1.82. The van der Waals surface area contributed by atoms with E-state index in [9.17, 15) is 4.39 Å². The van der Waals surface area contributed by atoms with Crippen molar-refractivity contribution in [3.8, 4) is 0 Å². The van der Waals surface area contributed by atoms with Crippen LogP contribution in [0.15, 0.2) is 36.7 Å². The number of halogens is 1. The second-order valence-corrected chi connectivity index (χ2v) is 4.51. The van der Waals surface area contributed by atoms with Crippen molar-refractivity contribution in [3.05, 3.63) is 48.0 Å². The zero-order valence-electron chi connectivity index (χ0n) is 12.0. The summed E-state index contributed by atoms with van der Waals surface area (Å²) in [6, 6.07) is 8.36. The first kappa shape index (κ1) is 15.2. The lowest BCUT2D eigenvalue weighted by Gasteiger charge is -2.08. The number of hydrogen-bond acceptors (Lipinski definition) is 5. The summed E-state index contributed by atoms with van der Waals surface area (Å²) in [5.74, 6) is 1.30. The molecular weight excluding hydrogens is 271 g/mol. The van der Waals surface area contributed by atoms with Crippen LogP contribution in [-0.2, 0) is 11.2 Å². The van der Waals surface area contributed by atoms with Crippen molar-refractivity contribution in [2.75, 3.05) is 37.4 Å². The average molecular weight is 290 g/mol. The largest absolute Gasteiger partial charge is 0.383 e. The van der Waals surface area contributed by atoms with E-state index in [4.69, 9.17) is 4.74 Å². The predicted molar refractivity (Wildman–Crippen MR) is 81.0 cm³/mol. The number of methoxy groups -OCH3 is 1. The third kappa shape index (κ3) is 5.35. The van der Waals surface area contributed by atoms with Crippen LogP contribution in [0.4, 0.5) is 16.0 Å². The second-order valence-electron chi connectivity index (χ2n) is 4.51. The smallest absolute Gasteiger partial charge is 0.131 e. The standard InChI is InChI=1S/C15H19FN4O/c1-21-9-8-18-15-10-14(19-11-20-15)17-7-6-12-2-4-13(16)5-3-12/h2-5,10-11H,6-9H2,1H3,(H2,17,18,19,20). The van der Waals surface area contributed by atoms with E-state index in [1.807, 2.05) is 6.07 Å². The molecule has 1 aromatic heterocycles. The Morgan fingerprint density at radius 1 is 1.05 bits per heavy atom. The maximum absolute atomic E-state index is 12.8. The van der Waals surface area contributed by atoms with Crippen molar-refractivity contribution in [2.24, 2.45) is 0 Å². The van der Waals surface area contributed by atoms with Gasteiger partial charge in [0.2, 0.25) is 0 Å². The fourth-order valence-corrected chi connectivity index (χ4v) is 1.82. The van der Waals surface area contributed by atoms with Gasteiger partial charge in [-0.2, -0.15) is 0 Å². The highest BCUT2D eigenvalue weighted by molar-refractivity contribution is 5.46. The molecule has 21 heavy (non-hydrogen) atoms. The van der Waals surface area contributed by atoms with Crippen molar-refractivity contribution < 1.29 is 9.13 Å². The molecule has 112 valence electrons. The lowest BCUT2D eigenvalue weighted by atomic mass is 10.1. The van der Waals surface area contributed by atoms with Gasteiger partial charge in [-0.1, -0.05) is 12.1 Å². The van der Waals surface area contributed by atoms with Gasteiger partial charge >= 0.3 is 0 Å². The fraction of sp³-hybridized carbons (Fsp3) is 0.333. The minimum absolute atomic E-state index is 0.214. The summed E-state index contributed by atoms with van der Waals surface area (Å²) in [4.78, 5) is 8.29. The maximum Gasteiger partial charge on any atom is 0.131 e. The van der Waals surface area contributed by atoms with Crippen LogP contribution in [-0.4, -0.2) is 36.8 Å². The molecule has 6 heteroatoms. The molecule has 1 aromatic carbocycles. The zero-order chi connectivity index (χ0) is 14.9. The van der Waals surface area contributed by atoms with E-state index in [2.05, 4.69) is 20.6 Å². The third-order valence-electron chi connectivity index (χ3n) is 2.91. The van der Waals surface area contributed by atoms with Crippen LogP contribution in [0.2, 0.25) is 0 Å². The number of anilines is 2. The Hall–Kier alpha value is -2.21. The Morgan fingerprint density at radius 2 is 1.71 bits per heavy atom. The summed E-state index contributed by atoms with van der Waals surface area (Å²) >= 11 is 0. The van der Waals surface area contributed by atoms with E-state index < -0.39 is 0 Å². The molecule has 2 N–H and O–H groups in total. The molecule has 0 radical (unpaired) electrons. The normalized spacial score (nSPS) is 10.4. The molecular formula is C15H19FN4O. The van der Waals surface area contributed by atoms with Crippen molar-refractivity contribution >= 4 is 11.6 Å². The van der Waals surface area contributed by atoms with Crippen LogP contribution < -0.4 is 10.6 Å². The van der Waals surface area contributed by atoms with Gasteiger partial charge in [0, 0.05) is 26.3 Å². The highest BCUT2D eigenvalue weighted by atomic mass is 19.1. The maximum atomic E-state index is 12.8. The number of nitrogens with zero attached hydrogens (tertiary/aromatic N) is 2. The zero-order valence-corrected chi connectivity index (χ0v) is 12.0. The molecule has 5 nitrogen and oxygen atoms in total. The number of rotatable bonds is 8. The topological polar surface area (TPSA) is 59.1 Å². The predicted octanol–water partition coefficient (Wildman–Crippen LogP) is 2.33. The summed E-state index contributed by atoms with van der Waals surface area (Å²) in [7, 11) is 1.66. The number of hydrogen-bond donors (Lipinski definition) is 2. The van der Waals surface area contributed by atoms with E-state index in [0.717, 1.165) is 30.2 Å². The van der Waals surface area contributed by atoms with Gasteiger partial charge in [0.15, 0.2) is 0 Å².